The molecular weight excluding hydrogens is 222 g/mol. The standard InChI is InChI=1S/C11H19N3OS/c1-8(15)12-5-6-14-9(11(2,3)4)7-13-10(14)16/h7H,5-6H2,1-4H3,(H,12,15)(H,13,16). The number of aromatic nitrogens is 2. The summed E-state index contributed by atoms with van der Waals surface area (Å²) in [7, 11) is 0. The van der Waals surface area contributed by atoms with E-state index in [0.29, 0.717) is 17.9 Å². The molecule has 5 heteroatoms. The van der Waals surface area contributed by atoms with Crippen LogP contribution in [-0.2, 0) is 16.8 Å². The Balaban J connectivity index is 2.83. The van der Waals surface area contributed by atoms with Gasteiger partial charge in [0.2, 0.25) is 5.91 Å². The molecule has 0 atom stereocenters. The van der Waals surface area contributed by atoms with Gasteiger partial charge in [0.15, 0.2) is 4.77 Å². The third-order valence-corrected chi connectivity index (χ3v) is 2.68. The van der Waals surface area contributed by atoms with Gasteiger partial charge in [0.25, 0.3) is 0 Å². The zero-order chi connectivity index (χ0) is 12.3. The first-order valence-electron chi connectivity index (χ1n) is 5.35. The molecule has 1 aromatic heterocycles. The van der Waals surface area contributed by atoms with Gasteiger partial charge in [-0.25, -0.2) is 0 Å². The number of H-pyrrole nitrogens is 1. The second-order valence-corrected chi connectivity index (χ2v) is 5.25. The molecule has 0 fully saturated rings. The van der Waals surface area contributed by atoms with Crippen LogP contribution < -0.4 is 5.32 Å². The SMILES string of the molecule is CC(=O)NCCn1c(C(C)(C)C)c[nH]c1=S. The van der Waals surface area contributed by atoms with Crippen molar-refractivity contribution in [3.63, 3.8) is 0 Å². The fourth-order valence-corrected chi connectivity index (χ4v) is 1.83. The number of imidazole rings is 1. The van der Waals surface area contributed by atoms with Crippen molar-refractivity contribution in [2.45, 2.75) is 39.7 Å². The second kappa shape index (κ2) is 4.82. The van der Waals surface area contributed by atoms with Crippen LogP contribution in [-0.4, -0.2) is 22.0 Å². The molecule has 0 spiro atoms. The Morgan fingerprint density at radius 1 is 1.56 bits per heavy atom. The first kappa shape index (κ1) is 13.0. The summed E-state index contributed by atoms with van der Waals surface area (Å²) in [6.45, 7) is 9.24. The van der Waals surface area contributed by atoms with E-state index in [2.05, 4.69) is 31.1 Å². The molecule has 0 radical (unpaired) electrons. The van der Waals surface area contributed by atoms with Gasteiger partial charge in [-0.1, -0.05) is 20.8 Å². The molecule has 4 nitrogen and oxygen atoms in total. The maximum atomic E-state index is 10.8. The highest BCUT2D eigenvalue weighted by Gasteiger charge is 2.18. The zero-order valence-electron chi connectivity index (χ0n) is 10.3. The number of carbonyl (C=O) groups excluding carboxylic acids is 1. The highest BCUT2D eigenvalue weighted by atomic mass is 32.1. The van der Waals surface area contributed by atoms with Crippen LogP contribution in [0.1, 0.15) is 33.4 Å². The molecule has 0 aliphatic heterocycles. The lowest BCUT2D eigenvalue weighted by Crippen LogP contribution is -2.27. The molecule has 1 aromatic rings. The van der Waals surface area contributed by atoms with Crippen molar-refractivity contribution in [1.82, 2.24) is 14.9 Å². The third kappa shape index (κ3) is 3.20. The van der Waals surface area contributed by atoms with E-state index in [9.17, 15) is 4.79 Å². The molecule has 0 aliphatic rings. The van der Waals surface area contributed by atoms with Gasteiger partial charge in [-0.3, -0.25) is 4.79 Å². The molecular formula is C11H19N3OS. The fraction of sp³-hybridized carbons (Fsp3) is 0.636. The molecule has 0 saturated carbocycles. The minimum absolute atomic E-state index is 0.0145. The number of hydrogen-bond donors (Lipinski definition) is 2. The normalized spacial score (nSPS) is 11.5. The Morgan fingerprint density at radius 3 is 2.69 bits per heavy atom. The summed E-state index contributed by atoms with van der Waals surface area (Å²) in [5.41, 5.74) is 1.20. The van der Waals surface area contributed by atoms with E-state index in [1.807, 2.05) is 10.8 Å². The van der Waals surface area contributed by atoms with Crippen molar-refractivity contribution < 1.29 is 4.79 Å². The van der Waals surface area contributed by atoms with Crippen molar-refractivity contribution in [1.29, 1.82) is 0 Å². The van der Waals surface area contributed by atoms with Crippen molar-refractivity contribution >= 4 is 18.1 Å². The summed E-state index contributed by atoms with van der Waals surface area (Å²) in [5, 5.41) is 2.77. The summed E-state index contributed by atoms with van der Waals surface area (Å²) in [6, 6.07) is 0. The highest BCUT2D eigenvalue weighted by Crippen LogP contribution is 2.21. The maximum absolute atomic E-state index is 10.8. The molecule has 90 valence electrons. The van der Waals surface area contributed by atoms with Crippen LogP contribution in [0, 0.1) is 4.77 Å². The third-order valence-electron chi connectivity index (χ3n) is 2.35. The summed E-state index contributed by atoms with van der Waals surface area (Å²) in [6.07, 6.45) is 1.94. The topological polar surface area (TPSA) is 49.8 Å². The molecule has 16 heavy (non-hydrogen) atoms. The molecule has 0 saturated heterocycles. The summed E-state index contributed by atoms with van der Waals surface area (Å²) in [4.78, 5) is 13.8. The van der Waals surface area contributed by atoms with Crippen LogP contribution in [0.25, 0.3) is 0 Å². The first-order chi connectivity index (χ1) is 7.32. The second-order valence-electron chi connectivity index (χ2n) is 4.86. The van der Waals surface area contributed by atoms with Gasteiger partial charge in [-0.05, 0) is 12.2 Å². The molecule has 0 aromatic carbocycles. The molecule has 0 aliphatic carbocycles. The number of nitrogens with one attached hydrogen (secondary N) is 2. The predicted octanol–water partition coefficient (Wildman–Crippen LogP) is 1.98. The first-order valence-corrected chi connectivity index (χ1v) is 5.76. The van der Waals surface area contributed by atoms with Gasteiger partial charge in [0.05, 0.1) is 0 Å². The largest absolute Gasteiger partial charge is 0.355 e. The lowest BCUT2D eigenvalue weighted by atomic mass is 9.92. The molecule has 2 N–H and O–H groups in total. The maximum Gasteiger partial charge on any atom is 0.216 e. The van der Waals surface area contributed by atoms with E-state index in [0.717, 1.165) is 5.69 Å². The summed E-state index contributed by atoms with van der Waals surface area (Å²) in [5.74, 6) is -0.0145. The zero-order valence-corrected chi connectivity index (χ0v) is 11.1. The number of carbonyl (C=O) groups is 1. The Labute approximate surface area is 101 Å². The van der Waals surface area contributed by atoms with E-state index in [4.69, 9.17) is 12.2 Å². The van der Waals surface area contributed by atoms with Crippen molar-refractivity contribution in [3.8, 4) is 0 Å². The molecule has 1 rings (SSSR count). The number of amides is 1. The minimum Gasteiger partial charge on any atom is -0.355 e. The number of aromatic amines is 1. The van der Waals surface area contributed by atoms with Crippen molar-refractivity contribution in [3.05, 3.63) is 16.7 Å². The van der Waals surface area contributed by atoms with Gasteiger partial charge in [-0.2, -0.15) is 0 Å². The number of hydrogen-bond acceptors (Lipinski definition) is 2. The van der Waals surface area contributed by atoms with Crippen LogP contribution >= 0.6 is 12.2 Å². The fourth-order valence-electron chi connectivity index (χ4n) is 1.58. The van der Waals surface area contributed by atoms with Crippen LogP contribution in [0.15, 0.2) is 6.20 Å². The highest BCUT2D eigenvalue weighted by molar-refractivity contribution is 7.71. The van der Waals surface area contributed by atoms with Gasteiger partial charge in [-0.15, -0.1) is 0 Å². The molecule has 0 unspecified atom stereocenters. The number of nitrogens with zero attached hydrogens (tertiary/aromatic N) is 1. The van der Waals surface area contributed by atoms with E-state index < -0.39 is 0 Å². The van der Waals surface area contributed by atoms with E-state index in [1.165, 1.54) is 6.92 Å². The Bertz CT molecular complexity index is 425. The van der Waals surface area contributed by atoms with E-state index >= 15 is 0 Å². The van der Waals surface area contributed by atoms with E-state index in [-0.39, 0.29) is 11.3 Å². The average Bonchev–Trinajstić information content (AvgIpc) is 2.46. The molecule has 1 heterocycles. The van der Waals surface area contributed by atoms with Crippen molar-refractivity contribution in [2.24, 2.45) is 0 Å². The Hall–Kier alpha value is -1.10. The Kier molecular flexibility index (Phi) is 3.91. The van der Waals surface area contributed by atoms with Gasteiger partial charge >= 0.3 is 0 Å². The number of rotatable bonds is 3. The lowest BCUT2D eigenvalue weighted by molar-refractivity contribution is -0.118. The van der Waals surface area contributed by atoms with Crippen LogP contribution in [0.5, 0.6) is 0 Å². The van der Waals surface area contributed by atoms with Crippen molar-refractivity contribution in [2.75, 3.05) is 6.54 Å². The minimum atomic E-state index is -0.0145. The monoisotopic (exact) mass is 241 g/mol. The van der Waals surface area contributed by atoms with Crippen LogP contribution in [0.3, 0.4) is 0 Å². The van der Waals surface area contributed by atoms with Gasteiger partial charge < -0.3 is 14.9 Å². The van der Waals surface area contributed by atoms with E-state index in [1.54, 1.807) is 0 Å². The smallest absolute Gasteiger partial charge is 0.216 e. The average molecular weight is 241 g/mol. The predicted molar refractivity (Wildman–Crippen MR) is 67.0 cm³/mol. The van der Waals surface area contributed by atoms with Gasteiger partial charge in [0, 0.05) is 37.3 Å². The lowest BCUT2D eigenvalue weighted by Gasteiger charge is -2.20. The summed E-state index contributed by atoms with van der Waals surface area (Å²) >= 11 is 5.22. The Morgan fingerprint density at radius 2 is 2.19 bits per heavy atom. The quantitative estimate of drug-likeness (QED) is 0.795. The molecule has 1 amide bonds. The van der Waals surface area contributed by atoms with Crippen LogP contribution in [0.4, 0.5) is 0 Å². The molecule has 0 bridgehead atoms. The van der Waals surface area contributed by atoms with Gasteiger partial charge in [0.1, 0.15) is 0 Å². The summed E-state index contributed by atoms with van der Waals surface area (Å²) < 4.78 is 2.74. The van der Waals surface area contributed by atoms with Crippen LogP contribution in [0.2, 0.25) is 0 Å².